The molecule has 1 aliphatic heterocycles. The Morgan fingerprint density at radius 3 is 2.54 bits per heavy atom. The Morgan fingerprint density at radius 2 is 1.85 bits per heavy atom. The van der Waals surface area contributed by atoms with E-state index in [1.165, 1.54) is 28.1 Å². The number of benzene rings is 1. The minimum absolute atomic E-state index is 0.197. The third-order valence-corrected chi connectivity index (χ3v) is 4.81. The molecule has 26 heavy (non-hydrogen) atoms. The van der Waals surface area contributed by atoms with Crippen LogP contribution in [-0.2, 0) is 11.8 Å². The molecular formula is C18H16F3N3O2. The van der Waals surface area contributed by atoms with Gasteiger partial charge in [0.05, 0.1) is 23.0 Å². The maximum atomic E-state index is 12.9. The van der Waals surface area contributed by atoms with Gasteiger partial charge in [0.1, 0.15) is 0 Å². The average Bonchev–Trinajstić information content (AvgIpc) is 3.25. The van der Waals surface area contributed by atoms with Crippen LogP contribution < -0.4 is 9.80 Å². The number of amides is 2. The monoisotopic (exact) mass is 363 g/mol. The summed E-state index contributed by atoms with van der Waals surface area (Å²) in [6.07, 6.45) is -0.170. The Hall–Kier alpha value is -2.61. The first kappa shape index (κ1) is 16.8. The van der Waals surface area contributed by atoms with E-state index in [0.29, 0.717) is 30.6 Å². The highest BCUT2D eigenvalue weighted by atomic mass is 19.4. The lowest BCUT2D eigenvalue weighted by Crippen LogP contribution is -2.33. The standard InChI is InChI=1S/C18H16F3N3O2/c19-18(20,21)12-2-1-3-13(10-12)23-8-9-24(16(23)25)15-11-22-7-4-14(15)17(26)5-6-17/h1-4,7,10-11,26H,5-6,8-9H2. The van der Waals surface area contributed by atoms with E-state index in [4.69, 9.17) is 0 Å². The third kappa shape index (κ3) is 2.80. The Balaban J connectivity index is 1.64. The summed E-state index contributed by atoms with van der Waals surface area (Å²) in [6.45, 7) is 0.566. The predicted molar refractivity (Wildman–Crippen MR) is 88.9 cm³/mol. The van der Waals surface area contributed by atoms with E-state index in [9.17, 15) is 23.1 Å². The second kappa shape index (κ2) is 5.70. The quantitative estimate of drug-likeness (QED) is 0.908. The summed E-state index contributed by atoms with van der Waals surface area (Å²) in [4.78, 5) is 19.6. The summed E-state index contributed by atoms with van der Waals surface area (Å²) in [6, 6.07) is 5.97. The number of nitrogens with zero attached hydrogens (tertiary/aromatic N) is 3. The summed E-state index contributed by atoms with van der Waals surface area (Å²) in [5, 5.41) is 10.4. The SMILES string of the molecule is O=C1N(c2cccc(C(F)(F)F)c2)CCN1c1cnccc1C1(O)CC1. The molecule has 1 aromatic heterocycles. The number of carbonyl (C=O) groups excluding carboxylic acids is 1. The molecule has 1 aromatic carbocycles. The number of aromatic nitrogens is 1. The molecule has 4 rings (SSSR count). The van der Waals surface area contributed by atoms with E-state index >= 15 is 0 Å². The molecule has 2 aliphatic rings. The molecular weight excluding hydrogens is 347 g/mol. The van der Waals surface area contributed by atoms with Crippen LogP contribution in [0.25, 0.3) is 0 Å². The largest absolute Gasteiger partial charge is 0.416 e. The fourth-order valence-electron chi connectivity index (χ4n) is 3.23. The maximum Gasteiger partial charge on any atom is 0.416 e. The molecule has 1 saturated carbocycles. The summed E-state index contributed by atoms with van der Waals surface area (Å²) in [5.74, 6) is 0. The lowest BCUT2D eigenvalue weighted by molar-refractivity contribution is -0.137. The van der Waals surface area contributed by atoms with Crippen molar-refractivity contribution in [2.24, 2.45) is 0 Å². The van der Waals surface area contributed by atoms with Crippen molar-refractivity contribution in [1.82, 2.24) is 4.98 Å². The van der Waals surface area contributed by atoms with Crippen LogP contribution in [-0.4, -0.2) is 29.2 Å². The third-order valence-electron chi connectivity index (χ3n) is 4.81. The number of pyridine rings is 1. The van der Waals surface area contributed by atoms with Gasteiger partial charge in [0.2, 0.25) is 0 Å². The average molecular weight is 363 g/mol. The normalized spacial score (nSPS) is 19.2. The van der Waals surface area contributed by atoms with E-state index in [0.717, 1.165) is 12.1 Å². The molecule has 1 saturated heterocycles. The molecule has 0 unspecified atom stereocenters. The predicted octanol–water partition coefficient (Wildman–Crippen LogP) is 3.53. The Labute approximate surface area is 147 Å². The Bertz CT molecular complexity index is 865. The first-order chi connectivity index (χ1) is 12.3. The van der Waals surface area contributed by atoms with E-state index in [1.54, 1.807) is 12.3 Å². The molecule has 0 radical (unpaired) electrons. The highest BCUT2D eigenvalue weighted by molar-refractivity contribution is 6.06. The molecule has 5 nitrogen and oxygen atoms in total. The van der Waals surface area contributed by atoms with Crippen molar-refractivity contribution >= 4 is 17.4 Å². The molecule has 1 N–H and O–H groups in total. The van der Waals surface area contributed by atoms with Crippen molar-refractivity contribution in [3.05, 3.63) is 53.9 Å². The number of rotatable bonds is 3. The summed E-state index contributed by atoms with van der Waals surface area (Å²) < 4.78 is 38.8. The van der Waals surface area contributed by atoms with E-state index < -0.39 is 23.4 Å². The molecule has 2 heterocycles. The lowest BCUT2D eigenvalue weighted by atomic mass is 10.1. The Morgan fingerprint density at radius 1 is 1.12 bits per heavy atom. The first-order valence-corrected chi connectivity index (χ1v) is 8.23. The number of alkyl halides is 3. The van der Waals surface area contributed by atoms with Crippen LogP contribution in [0.3, 0.4) is 0 Å². The fraction of sp³-hybridized carbons (Fsp3) is 0.333. The summed E-state index contributed by atoms with van der Waals surface area (Å²) >= 11 is 0. The molecule has 1 aliphatic carbocycles. The van der Waals surface area contributed by atoms with Gasteiger partial charge in [-0.05, 0) is 37.1 Å². The van der Waals surface area contributed by atoms with E-state index in [2.05, 4.69) is 4.98 Å². The topological polar surface area (TPSA) is 56.7 Å². The van der Waals surface area contributed by atoms with Crippen LogP contribution in [0.1, 0.15) is 24.0 Å². The fourth-order valence-corrected chi connectivity index (χ4v) is 3.23. The summed E-state index contributed by atoms with van der Waals surface area (Å²) in [5.41, 5.74) is -0.403. The van der Waals surface area contributed by atoms with Gasteiger partial charge in [-0.3, -0.25) is 14.8 Å². The highest BCUT2D eigenvalue weighted by Gasteiger charge is 2.46. The van der Waals surface area contributed by atoms with Crippen molar-refractivity contribution in [3.8, 4) is 0 Å². The van der Waals surface area contributed by atoms with Gasteiger partial charge in [-0.15, -0.1) is 0 Å². The number of halogens is 3. The molecule has 0 atom stereocenters. The number of urea groups is 1. The van der Waals surface area contributed by atoms with E-state index in [-0.39, 0.29) is 12.2 Å². The van der Waals surface area contributed by atoms with Crippen LogP contribution in [0.2, 0.25) is 0 Å². The Kier molecular flexibility index (Phi) is 3.69. The number of anilines is 2. The van der Waals surface area contributed by atoms with Crippen molar-refractivity contribution in [2.75, 3.05) is 22.9 Å². The van der Waals surface area contributed by atoms with Crippen molar-refractivity contribution in [3.63, 3.8) is 0 Å². The molecule has 2 aromatic rings. The van der Waals surface area contributed by atoms with Crippen LogP contribution in [0.5, 0.6) is 0 Å². The number of hydrogen-bond donors (Lipinski definition) is 1. The zero-order chi connectivity index (χ0) is 18.5. The van der Waals surface area contributed by atoms with Gasteiger partial charge in [-0.25, -0.2) is 4.79 Å². The molecule has 0 spiro atoms. The van der Waals surface area contributed by atoms with Gasteiger partial charge in [0.25, 0.3) is 0 Å². The molecule has 2 fully saturated rings. The second-order valence-corrected chi connectivity index (χ2v) is 6.56. The molecule has 136 valence electrons. The van der Waals surface area contributed by atoms with Gasteiger partial charge in [-0.2, -0.15) is 13.2 Å². The van der Waals surface area contributed by atoms with Gasteiger partial charge >= 0.3 is 12.2 Å². The van der Waals surface area contributed by atoms with Crippen molar-refractivity contribution < 1.29 is 23.1 Å². The highest BCUT2D eigenvalue weighted by Crippen LogP contribution is 2.49. The van der Waals surface area contributed by atoms with Crippen LogP contribution >= 0.6 is 0 Å². The minimum atomic E-state index is -4.47. The lowest BCUT2D eigenvalue weighted by Gasteiger charge is -2.23. The molecule has 2 amide bonds. The van der Waals surface area contributed by atoms with Crippen molar-refractivity contribution in [1.29, 1.82) is 0 Å². The summed E-state index contributed by atoms with van der Waals surface area (Å²) in [7, 11) is 0. The minimum Gasteiger partial charge on any atom is -0.385 e. The number of hydrogen-bond acceptors (Lipinski definition) is 3. The zero-order valence-electron chi connectivity index (χ0n) is 13.7. The second-order valence-electron chi connectivity index (χ2n) is 6.56. The van der Waals surface area contributed by atoms with Gasteiger partial charge in [-0.1, -0.05) is 6.07 Å². The van der Waals surface area contributed by atoms with Gasteiger partial charge in [0, 0.05) is 30.5 Å². The van der Waals surface area contributed by atoms with Crippen LogP contribution in [0.4, 0.5) is 29.3 Å². The van der Waals surface area contributed by atoms with Gasteiger partial charge in [0.15, 0.2) is 0 Å². The first-order valence-electron chi connectivity index (χ1n) is 8.23. The number of aliphatic hydroxyl groups is 1. The van der Waals surface area contributed by atoms with Crippen molar-refractivity contribution in [2.45, 2.75) is 24.6 Å². The molecule has 0 bridgehead atoms. The maximum absolute atomic E-state index is 12.9. The van der Waals surface area contributed by atoms with Crippen LogP contribution in [0, 0.1) is 0 Å². The zero-order valence-corrected chi connectivity index (χ0v) is 13.7. The number of carbonyl (C=O) groups is 1. The van der Waals surface area contributed by atoms with Gasteiger partial charge < -0.3 is 5.11 Å². The smallest absolute Gasteiger partial charge is 0.385 e. The van der Waals surface area contributed by atoms with E-state index in [1.807, 2.05) is 0 Å². The van der Waals surface area contributed by atoms with Crippen LogP contribution in [0.15, 0.2) is 42.7 Å². The molecule has 8 heteroatoms.